The number of para-hydroxylation sites is 1. The van der Waals surface area contributed by atoms with Gasteiger partial charge in [-0.05, 0) is 18.1 Å². The molecular formula is C17H25NO3. The maximum Gasteiger partial charge on any atom is 0.135 e. The lowest BCUT2D eigenvalue weighted by atomic mass is 10.1. The zero-order valence-corrected chi connectivity index (χ0v) is 13.1. The highest BCUT2D eigenvalue weighted by molar-refractivity contribution is 5.77. The van der Waals surface area contributed by atoms with Crippen molar-refractivity contribution in [2.24, 2.45) is 5.92 Å². The van der Waals surface area contributed by atoms with Crippen LogP contribution >= 0.6 is 0 Å². The van der Waals surface area contributed by atoms with Gasteiger partial charge in [0, 0.05) is 32.1 Å². The molecule has 0 fully saturated rings. The Kier molecular flexibility index (Phi) is 5.79. The fraction of sp³-hybridized carbons (Fsp3) is 0.529. The molecular weight excluding hydrogens is 266 g/mol. The minimum absolute atomic E-state index is 0.546. The number of hydrogen-bond donors (Lipinski definition) is 1. The van der Waals surface area contributed by atoms with Gasteiger partial charge >= 0.3 is 0 Å². The number of nitrogens with zero attached hydrogens (tertiary/aromatic N) is 1. The molecule has 4 nitrogen and oxygen atoms in total. The largest absolute Gasteiger partial charge is 0.458 e. The summed E-state index contributed by atoms with van der Waals surface area (Å²) in [6.07, 6.45) is -0.618. The zero-order chi connectivity index (χ0) is 15.2. The normalized spacial score (nSPS) is 13.4. The fourth-order valence-electron chi connectivity index (χ4n) is 2.50. The van der Waals surface area contributed by atoms with Crippen molar-refractivity contribution in [3.63, 3.8) is 0 Å². The predicted octanol–water partition coefficient (Wildman–Crippen LogP) is 3.07. The molecule has 1 aromatic carbocycles. The van der Waals surface area contributed by atoms with Crippen molar-refractivity contribution in [1.29, 1.82) is 0 Å². The maximum atomic E-state index is 10.4. The molecule has 21 heavy (non-hydrogen) atoms. The lowest BCUT2D eigenvalue weighted by molar-refractivity contribution is 0.0716. The van der Waals surface area contributed by atoms with Crippen LogP contribution in [0.2, 0.25) is 0 Å². The van der Waals surface area contributed by atoms with E-state index < -0.39 is 6.10 Å². The topological polar surface area (TPSA) is 45.8 Å². The Balaban J connectivity index is 2.04. The summed E-state index contributed by atoms with van der Waals surface area (Å²) >= 11 is 0. The van der Waals surface area contributed by atoms with E-state index in [0.29, 0.717) is 24.8 Å². The number of ether oxygens (including phenoxy) is 1. The van der Waals surface area contributed by atoms with Gasteiger partial charge in [-0.1, -0.05) is 32.0 Å². The molecule has 0 bridgehead atoms. The Morgan fingerprint density at radius 1 is 1.24 bits per heavy atom. The second-order valence-corrected chi connectivity index (χ2v) is 5.85. The van der Waals surface area contributed by atoms with Crippen molar-refractivity contribution in [1.82, 2.24) is 4.90 Å². The molecule has 2 rings (SSSR count). The molecule has 0 amide bonds. The first-order chi connectivity index (χ1) is 10.1. The summed E-state index contributed by atoms with van der Waals surface area (Å²) in [5.74, 6) is 1.17. The van der Waals surface area contributed by atoms with E-state index in [9.17, 15) is 5.11 Å². The maximum absolute atomic E-state index is 10.4. The van der Waals surface area contributed by atoms with E-state index >= 15 is 0 Å². The minimum atomic E-state index is -0.618. The van der Waals surface area contributed by atoms with Crippen molar-refractivity contribution >= 4 is 11.0 Å². The van der Waals surface area contributed by atoms with E-state index in [1.54, 1.807) is 7.11 Å². The van der Waals surface area contributed by atoms with Crippen LogP contribution in [0.25, 0.3) is 11.0 Å². The van der Waals surface area contributed by atoms with E-state index in [1.165, 1.54) is 0 Å². The van der Waals surface area contributed by atoms with Gasteiger partial charge in [0.15, 0.2) is 0 Å². The van der Waals surface area contributed by atoms with Gasteiger partial charge in [-0.2, -0.15) is 0 Å². The van der Waals surface area contributed by atoms with E-state index in [4.69, 9.17) is 9.15 Å². The molecule has 0 saturated heterocycles. The van der Waals surface area contributed by atoms with Crippen molar-refractivity contribution in [2.75, 3.05) is 33.4 Å². The van der Waals surface area contributed by atoms with Crippen molar-refractivity contribution < 1.29 is 14.3 Å². The van der Waals surface area contributed by atoms with Crippen LogP contribution in [0.15, 0.2) is 34.7 Å². The van der Waals surface area contributed by atoms with E-state index in [-0.39, 0.29) is 0 Å². The quantitative estimate of drug-likeness (QED) is 0.812. The average molecular weight is 291 g/mol. The Labute approximate surface area is 126 Å². The van der Waals surface area contributed by atoms with Gasteiger partial charge in [0.25, 0.3) is 0 Å². The van der Waals surface area contributed by atoms with Gasteiger partial charge in [-0.15, -0.1) is 0 Å². The molecule has 0 aliphatic heterocycles. The summed E-state index contributed by atoms with van der Waals surface area (Å²) in [7, 11) is 1.70. The first-order valence-corrected chi connectivity index (χ1v) is 7.48. The third-order valence-corrected chi connectivity index (χ3v) is 3.44. The highest BCUT2D eigenvalue weighted by Gasteiger charge is 2.18. The monoisotopic (exact) mass is 291 g/mol. The number of aliphatic hydroxyl groups excluding tert-OH is 1. The van der Waals surface area contributed by atoms with Crippen LogP contribution in [0, 0.1) is 5.92 Å². The highest BCUT2D eigenvalue weighted by Crippen LogP contribution is 2.24. The van der Waals surface area contributed by atoms with Crippen LogP contribution in [-0.2, 0) is 4.74 Å². The molecule has 0 saturated carbocycles. The van der Waals surface area contributed by atoms with Gasteiger partial charge in [0.2, 0.25) is 0 Å². The van der Waals surface area contributed by atoms with Crippen LogP contribution in [0.1, 0.15) is 25.7 Å². The number of aliphatic hydroxyl groups is 1. The molecule has 116 valence electrons. The molecule has 4 heteroatoms. The molecule has 0 spiro atoms. The average Bonchev–Trinajstić information content (AvgIpc) is 2.88. The van der Waals surface area contributed by atoms with E-state index in [0.717, 1.165) is 24.1 Å². The van der Waals surface area contributed by atoms with Crippen LogP contribution in [-0.4, -0.2) is 43.4 Å². The summed E-state index contributed by atoms with van der Waals surface area (Å²) in [4.78, 5) is 2.21. The van der Waals surface area contributed by atoms with Crippen molar-refractivity contribution in [3.8, 4) is 0 Å². The molecule has 1 unspecified atom stereocenters. The minimum Gasteiger partial charge on any atom is -0.458 e. The summed E-state index contributed by atoms with van der Waals surface area (Å²) in [5, 5.41) is 11.5. The second kappa shape index (κ2) is 7.59. The third-order valence-electron chi connectivity index (χ3n) is 3.44. The molecule has 1 N–H and O–H groups in total. The summed E-state index contributed by atoms with van der Waals surface area (Å²) in [6, 6.07) is 9.74. The molecule has 0 aliphatic rings. The molecule has 1 atom stereocenters. The number of fused-ring (bicyclic) bond motifs is 1. The molecule has 1 aromatic heterocycles. The van der Waals surface area contributed by atoms with Crippen LogP contribution in [0.5, 0.6) is 0 Å². The summed E-state index contributed by atoms with van der Waals surface area (Å²) < 4.78 is 10.9. The van der Waals surface area contributed by atoms with Crippen LogP contribution in [0.3, 0.4) is 0 Å². The van der Waals surface area contributed by atoms with Gasteiger partial charge in [0.1, 0.15) is 17.4 Å². The van der Waals surface area contributed by atoms with Crippen LogP contribution in [0.4, 0.5) is 0 Å². The van der Waals surface area contributed by atoms with E-state index in [2.05, 4.69) is 18.7 Å². The van der Waals surface area contributed by atoms with E-state index in [1.807, 2.05) is 30.3 Å². The lowest BCUT2D eigenvalue weighted by Gasteiger charge is -2.25. The number of hydrogen-bond acceptors (Lipinski definition) is 4. The highest BCUT2D eigenvalue weighted by atomic mass is 16.5. The van der Waals surface area contributed by atoms with Gasteiger partial charge in [0.05, 0.1) is 6.61 Å². The fourth-order valence-corrected chi connectivity index (χ4v) is 2.50. The SMILES string of the molecule is COCCN(CC(C)C)CC(O)c1cc2ccccc2o1. The lowest BCUT2D eigenvalue weighted by Crippen LogP contribution is -2.34. The first kappa shape index (κ1) is 16.0. The zero-order valence-electron chi connectivity index (χ0n) is 13.1. The van der Waals surface area contributed by atoms with Crippen molar-refractivity contribution in [3.05, 3.63) is 36.1 Å². The molecule has 1 heterocycles. The summed E-state index contributed by atoms with van der Waals surface area (Å²) in [6.45, 7) is 7.31. The van der Waals surface area contributed by atoms with Crippen molar-refractivity contribution in [2.45, 2.75) is 20.0 Å². The summed E-state index contributed by atoms with van der Waals surface area (Å²) in [5.41, 5.74) is 0.818. The smallest absolute Gasteiger partial charge is 0.135 e. The van der Waals surface area contributed by atoms with Crippen LogP contribution < -0.4 is 0 Å². The molecule has 0 radical (unpaired) electrons. The third kappa shape index (κ3) is 4.56. The first-order valence-electron chi connectivity index (χ1n) is 7.48. The molecule has 0 aliphatic carbocycles. The Hall–Kier alpha value is -1.36. The number of furan rings is 1. The molecule has 2 aromatic rings. The van der Waals surface area contributed by atoms with Gasteiger partial charge < -0.3 is 14.3 Å². The second-order valence-electron chi connectivity index (χ2n) is 5.85. The number of rotatable bonds is 8. The Morgan fingerprint density at radius 2 is 2.00 bits per heavy atom. The predicted molar refractivity (Wildman–Crippen MR) is 84.3 cm³/mol. The van der Waals surface area contributed by atoms with Gasteiger partial charge in [-0.3, -0.25) is 4.90 Å². The Morgan fingerprint density at radius 3 is 2.67 bits per heavy atom. The number of methoxy groups -OCH3 is 1. The number of benzene rings is 1. The standard InChI is InChI=1S/C17H25NO3/c1-13(2)11-18(8-9-20-3)12-15(19)17-10-14-6-4-5-7-16(14)21-17/h4-7,10,13,15,19H,8-9,11-12H2,1-3H3. The van der Waals surface area contributed by atoms with Gasteiger partial charge in [-0.25, -0.2) is 0 Å². The Bertz CT molecular complexity index is 517.